The molecule has 0 heterocycles. The van der Waals surface area contributed by atoms with Gasteiger partial charge in [0, 0.05) is 18.7 Å². The highest BCUT2D eigenvalue weighted by Crippen LogP contribution is 2.34. The number of esters is 1. The third kappa shape index (κ3) is 6.76. The Morgan fingerprint density at radius 1 is 0.821 bits per heavy atom. The fourth-order valence-electron chi connectivity index (χ4n) is 4.44. The third-order valence-corrected chi connectivity index (χ3v) is 8.30. The number of carbonyl (C=O) groups is 2. The van der Waals surface area contributed by atoms with Gasteiger partial charge in [-0.1, -0.05) is 47.5 Å². The van der Waals surface area contributed by atoms with Gasteiger partial charge in [0.25, 0.3) is 0 Å². The van der Waals surface area contributed by atoms with Crippen molar-refractivity contribution in [2.75, 3.05) is 33.2 Å². The predicted molar refractivity (Wildman–Crippen MR) is 149 cm³/mol. The maximum Gasteiger partial charge on any atom is 0.340 e. The van der Waals surface area contributed by atoms with Crippen molar-refractivity contribution < 1.29 is 32.2 Å². The Morgan fingerprint density at radius 2 is 1.38 bits per heavy atom. The molecule has 1 N–H and O–H groups in total. The zero-order valence-electron chi connectivity index (χ0n) is 23.2. The number of amides is 1. The Bertz CT molecular complexity index is 1460. The first kappa shape index (κ1) is 29.7. The van der Waals surface area contributed by atoms with Crippen molar-refractivity contribution in [3.63, 3.8) is 0 Å². The normalized spacial score (nSPS) is 11.3. The maximum atomic E-state index is 14.0. The zero-order valence-corrected chi connectivity index (χ0v) is 24.1. The Hall–Kier alpha value is -3.89. The lowest BCUT2D eigenvalue weighted by atomic mass is 10.1. The minimum absolute atomic E-state index is 0.0292. The van der Waals surface area contributed by atoms with E-state index >= 15 is 0 Å². The number of ether oxygens (including phenoxy) is 3. The molecule has 39 heavy (non-hydrogen) atoms. The minimum Gasteiger partial charge on any atom is -0.493 e. The van der Waals surface area contributed by atoms with Crippen LogP contribution >= 0.6 is 0 Å². The molecule has 0 unspecified atom stereocenters. The quantitative estimate of drug-likeness (QED) is 0.366. The molecule has 0 aromatic heterocycles. The summed E-state index contributed by atoms with van der Waals surface area (Å²) in [6, 6.07) is 13.8. The second kappa shape index (κ2) is 12.3. The molecule has 0 atom stereocenters. The van der Waals surface area contributed by atoms with Crippen LogP contribution in [0.15, 0.2) is 53.4 Å². The maximum absolute atomic E-state index is 14.0. The number of nitrogens with one attached hydrogen (secondary N) is 1. The Balaban J connectivity index is 2.03. The van der Waals surface area contributed by atoms with Gasteiger partial charge in [-0.3, -0.25) is 4.79 Å². The summed E-state index contributed by atoms with van der Waals surface area (Å²) in [7, 11) is -0.0415. The van der Waals surface area contributed by atoms with Gasteiger partial charge in [0.15, 0.2) is 11.5 Å². The fraction of sp³-hybridized carbons (Fsp3) is 0.310. The van der Waals surface area contributed by atoms with E-state index in [0.717, 1.165) is 21.0 Å². The molecule has 3 aromatic rings. The van der Waals surface area contributed by atoms with Gasteiger partial charge in [-0.15, -0.1) is 0 Å². The molecule has 0 aliphatic rings. The summed E-state index contributed by atoms with van der Waals surface area (Å²) in [5.41, 5.74) is 4.00. The van der Waals surface area contributed by atoms with Gasteiger partial charge in [-0.05, 0) is 44.4 Å². The van der Waals surface area contributed by atoms with Crippen LogP contribution in [0.4, 0.5) is 5.69 Å². The number of nitrogens with zero attached hydrogens (tertiary/aromatic N) is 1. The largest absolute Gasteiger partial charge is 0.493 e. The van der Waals surface area contributed by atoms with Gasteiger partial charge in [0.1, 0.15) is 0 Å². The van der Waals surface area contributed by atoms with Crippen LogP contribution in [0, 0.1) is 27.7 Å². The summed E-state index contributed by atoms with van der Waals surface area (Å²) in [6.07, 6.45) is 0. The molecule has 0 bridgehead atoms. The second-order valence-electron chi connectivity index (χ2n) is 9.28. The summed E-state index contributed by atoms with van der Waals surface area (Å²) in [6.45, 7) is 6.78. The molecule has 0 radical (unpaired) electrons. The summed E-state index contributed by atoms with van der Waals surface area (Å²) >= 11 is 0. The molecule has 10 heteroatoms. The van der Waals surface area contributed by atoms with Crippen LogP contribution in [0.1, 0.15) is 38.2 Å². The number of carbonyl (C=O) groups excluding carboxylic acids is 2. The van der Waals surface area contributed by atoms with Crippen LogP contribution < -0.4 is 14.8 Å². The molecule has 0 spiro atoms. The molecule has 1 amide bonds. The molecule has 9 nitrogen and oxygen atoms in total. The highest BCUT2D eigenvalue weighted by Gasteiger charge is 2.30. The summed E-state index contributed by atoms with van der Waals surface area (Å²) < 4.78 is 44.5. The van der Waals surface area contributed by atoms with Crippen molar-refractivity contribution in [2.24, 2.45) is 0 Å². The first-order valence-corrected chi connectivity index (χ1v) is 13.6. The third-order valence-electron chi connectivity index (χ3n) is 6.21. The van der Waals surface area contributed by atoms with Crippen molar-refractivity contribution >= 4 is 27.6 Å². The highest BCUT2D eigenvalue weighted by molar-refractivity contribution is 7.89. The number of hydrogen-bond donors (Lipinski definition) is 1. The average Bonchev–Trinajstić information content (AvgIpc) is 2.87. The lowest BCUT2D eigenvalue weighted by Crippen LogP contribution is -2.38. The number of aryl methyl sites for hydroxylation is 4. The van der Waals surface area contributed by atoms with Gasteiger partial charge in [0.05, 0.1) is 44.0 Å². The van der Waals surface area contributed by atoms with E-state index in [1.807, 2.05) is 38.1 Å². The number of hydrogen-bond acceptors (Lipinski definition) is 7. The molecule has 3 rings (SSSR count). The molecule has 208 valence electrons. The number of rotatable bonds is 10. The molecule has 0 aliphatic carbocycles. The van der Waals surface area contributed by atoms with Gasteiger partial charge < -0.3 is 19.5 Å². The van der Waals surface area contributed by atoms with Crippen LogP contribution in [-0.4, -0.2) is 52.5 Å². The van der Waals surface area contributed by atoms with Crippen LogP contribution in [0.25, 0.3) is 0 Å². The van der Waals surface area contributed by atoms with Crippen molar-refractivity contribution in [3.8, 4) is 11.5 Å². The van der Waals surface area contributed by atoms with E-state index in [4.69, 9.17) is 14.2 Å². The topological polar surface area (TPSA) is 111 Å². The van der Waals surface area contributed by atoms with E-state index in [2.05, 4.69) is 5.32 Å². The SMILES string of the molecule is COC(=O)c1cc(OC)c(OC)cc1NC(=O)CN(Cc1ccc(C)cc1)S(=O)(=O)c1c(C)cc(C)cc1C. The van der Waals surface area contributed by atoms with E-state index in [-0.39, 0.29) is 34.2 Å². The fourth-order valence-corrected chi connectivity index (χ4v) is 6.23. The zero-order chi connectivity index (χ0) is 28.9. The summed E-state index contributed by atoms with van der Waals surface area (Å²) in [5, 5.41) is 2.66. The van der Waals surface area contributed by atoms with Gasteiger partial charge in [-0.25, -0.2) is 13.2 Å². The molecule has 0 aliphatic heterocycles. The number of benzene rings is 3. The van der Waals surface area contributed by atoms with Crippen LogP contribution in [-0.2, 0) is 26.1 Å². The van der Waals surface area contributed by atoms with Gasteiger partial charge in [0.2, 0.25) is 15.9 Å². The standard InChI is InChI=1S/C29H34N2O7S/c1-18-8-10-22(11-9-18)16-31(39(34,35)28-20(3)12-19(2)13-21(28)4)17-27(32)30-24-15-26(37-6)25(36-5)14-23(24)29(33)38-7/h8-15H,16-17H2,1-7H3,(H,30,32). The van der Waals surface area contributed by atoms with Crippen LogP contribution in [0.3, 0.4) is 0 Å². The Morgan fingerprint density at radius 3 is 1.92 bits per heavy atom. The molecule has 0 saturated carbocycles. The highest BCUT2D eigenvalue weighted by atomic mass is 32.2. The van der Waals surface area contributed by atoms with Gasteiger partial charge >= 0.3 is 5.97 Å². The number of methoxy groups -OCH3 is 3. The monoisotopic (exact) mass is 554 g/mol. The van der Waals surface area contributed by atoms with E-state index in [1.54, 1.807) is 26.0 Å². The summed E-state index contributed by atoms with van der Waals surface area (Å²) in [4.78, 5) is 26.0. The van der Waals surface area contributed by atoms with Crippen molar-refractivity contribution in [3.05, 3.63) is 81.9 Å². The minimum atomic E-state index is -4.09. The average molecular weight is 555 g/mol. The molecule has 0 saturated heterocycles. The lowest BCUT2D eigenvalue weighted by Gasteiger charge is -2.24. The Kier molecular flexibility index (Phi) is 9.36. The van der Waals surface area contributed by atoms with Crippen molar-refractivity contribution in [1.29, 1.82) is 0 Å². The number of anilines is 1. The molecular formula is C29H34N2O7S. The van der Waals surface area contributed by atoms with Crippen LogP contribution in [0.5, 0.6) is 11.5 Å². The lowest BCUT2D eigenvalue weighted by molar-refractivity contribution is -0.116. The first-order valence-electron chi connectivity index (χ1n) is 12.2. The second-order valence-corrected chi connectivity index (χ2v) is 11.2. The van der Waals surface area contributed by atoms with Gasteiger partial charge in [-0.2, -0.15) is 4.31 Å². The van der Waals surface area contributed by atoms with Crippen molar-refractivity contribution in [1.82, 2.24) is 4.31 Å². The van der Waals surface area contributed by atoms with E-state index in [9.17, 15) is 18.0 Å². The Labute approximate surface area is 229 Å². The van der Waals surface area contributed by atoms with E-state index < -0.39 is 28.4 Å². The first-order chi connectivity index (χ1) is 18.4. The summed E-state index contributed by atoms with van der Waals surface area (Å²) in [5.74, 6) is -0.813. The molecule has 0 fully saturated rings. The molecule has 3 aromatic carbocycles. The predicted octanol–water partition coefficient (Wildman–Crippen LogP) is 4.55. The van der Waals surface area contributed by atoms with E-state index in [1.165, 1.54) is 33.5 Å². The van der Waals surface area contributed by atoms with Crippen molar-refractivity contribution in [2.45, 2.75) is 39.1 Å². The van der Waals surface area contributed by atoms with Crippen LogP contribution in [0.2, 0.25) is 0 Å². The van der Waals surface area contributed by atoms with E-state index in [0.29, 0.717) is 11.1 Å². The smallest absolute Gasteiger partial charge is 0.340 e. The number of sulfonamides is 1. The molecular weight excluding hydrogens is 520 g/mol.